The van der Waals surface area contributed by atoms with Gasteiger partial charge >= 0.3 is 6.18 Å². The van der Waals surface area contributed by atoms with Crippen molar-refractivity contribution in [1.82, 2.24) is 18.9 Å². The van der Waals surface area contributed by atoms with Gasteiger partial charge in [0.1, 0.15) is 5.65 Å². The first-order valence-corrected chi connectivity index (χ1v) is 11.4. The first-order valence-electron chi connectivity index (χ1n) is 11.4. The molecule has 1 aliphatic carbocycles. The smallest absolute Gasteiger partial charge is 0.345 e. The first-order chi connectivity index (χ1) is 16.7. The van der Waals surface area contributed by atoms with Gasteiger partial charge in [-0.2, -0.15) is 13.2 Å². The topological polar surface area (TPSA) is 59.6 Å². The van der Waals surface area contributed by atoms with Crippen LogP contribution in [0, 0.1) is 0 Å². The van der Waals surface area contributed by atoms with E-state index >= 15 is 0 Å². The van der Waals surface area contributed by atoms with Gasteiger partial charge < -0.3 is 9.47 Å². The van der Waals surface area contributed by atoms with Crippen molar-refractivity contribution in [1.29, 1.82) is 0 Å². The number of amides is 1. The molecule has 2 aliphatic rings. The fraction of sp³-hybridized carbons (Fsp3) is 0.269. The molecule has 4 aromatic rings. The molecule has 1 aliphatic heterocycles. The van der Waals surface area contributed by atoms with E-state index in [4.69, 9.17) is 0 Å². The van der Waals surface area contributed by atoms with Crippen molar-refractivity contribution in [2.75, 3.05) is 6.54 Å². The van der Waals surface area contributed by atoms with E-state index in [1.54, 1.807) is 17.3 Å². The Morgan fingerprint density at radius 2 is 1.94 bits per heavy atom. The molecule has 4 heterocycles. The highest BCUT2D eigenvalue weighted by Gasteiger charge is 2.35. The Morgan fingerprint density at radius 1 is 1.11 bits per heavy atom. The number of pyridine rings is 1. The molecule has 0 saturated heterocycles. The largest absolute Gasteiger partial charge is 0.416 e. The number of fused-ring (bicyclic) bond motifs is 1. The molecule has 35 heavy (non-hydrogen) atoms. The van der Waals surface area contributed by atoms with Crippen molar-refractivity contribution >= 4 is 39.4 Å². The fourth-order valence-electron chi connectivity index (χ4n) is 5.35. The first kappa shape index (κ1) is 21.6. The van der Waals surface area contributed by atoms with Gasteiger partial charge in [-0.15, -0.1) is 0 Å². The Balaban J connectivity index is 1.64. The average molecular weight is 478 g/mol. The number of allylic oxidation sites excluding steroid dienone is 2. The molecule has 6 rings (SSSR count). The quantitative estimate of drug-likeness (QED) is 0.410. The van der Waals surface area contributed by atoms with Crippen LogP contribution >= 0.6 is 0 Å². The summed E-state index contributed by atoms with van der Waals surface area (Å²) in [5.41, 5.74) is 3.53. The normalized spacial score (nSPS) is 16.6. The summed E-state index contributed by atoms with van der Waals surface area (Å²) in [6.45, 7) is 2.32. The molecule has 6 nitrogen and oxygen atoms in total. The highest BCUT2D eigenvalue weighted by atomic mass is 19.4. The van der Waals surface area contributed by atoms with Crippen molar-refractivity contribution in [3.63, 3.8) is 0 Å². The number of aromatic nitrogens is 3. The number of Topliss-reactive ketones (excluding diaryl/α,β-unsaturated/α-hetero) is 1. The molecule has 9 heteroatoms. The maximum absolute atomic E-state index is 13.9. The summed E-state index contributed by atoms with van der Waals surface area (Å²) in [6.07, 6.45) is 1.58. The van der Waals surface area contributed by atoms with Gasteiger partial charge in [-0.05, 0) is 41.8 Å². The number of halogens is 3. The molecule has 0 fully saturated rings. The van der Waals surface area contributed by atoms with Crippen LogP contribution in [0.4, 0.5) is 13.2 Å². The second-order valence-corrected chi connectivity index (χ2v) is 9.06. The maximum Gasteiger partial charge on any atom is 0.416 e. The number of carbonyl (C=O) groups excluding carboxylic acids is 2. The van der Waals surface area contributed by atoms with Crippen LogP contribution in [0.3, 0.4) is 0 Å². The number of nitrogens with zero attached hydrogens (tertiary/aromatic N) is 4. The summed E-state index contributed by atoms with van der Waals surface area (Å²) in [6, 6.07) is 7.87. The molecular weight excluding hydrogens is 457 g/mol. The molecule has 178 valence electrons. The fourth-order valence-corrected chi connectivity index (χ4v) is 5.35. The number of hydrogen-bond donors (Lipinski definition) is 0. The molecule has 0 radical (unpaired) electrons. The van der Waals surface area contributed by atoms with Crippen LogP contribution < -0.4 is 0 Å². The Morgan fingerprint density at radius 3 is 2.71 bits per heavy atom. The molecule has 3 aromatic heterocycles. The van der Waals surface area contributed by atoms with Crippen molar-refractivity contribution in [3.8, 4) is 0 Å². The lowest BCUT2D eigenvalue weighted by molar-refractivity contribution is -0.137. The number of ketones is 1. The van der Waals surface area contributed by atoms with Crippen LogP contribution in [-0.4, -0.2) is 37.1 Å². The van der Waals surface area contributed by atoms with Crippen LogP contribution in [0.2, 0.25) is 0 Å². The van der Waals surface area contributed by atoms with E-state index in [1.807, 2.05) is 33.4 Å². The zero-order valence-electron chi connectivity index (χ0n) is 18.9. The summed E-state index contributed by atoms with van der Waals surface area (Å²) in [4.78, 5) is 31.2. The van der Waals surface area contributed by atoms with Crippen LogP contribution in [-0.2, 0) is 28.9 Å². The molecular formula is C26H21F3N4O2. The third-order valence-corrected chi connectivity index (χ3v) is 6.97. The van der Waals surface area contributed by atoms with Gasteiger partial charge in [0.15, 0.2) is 5.78 Å². The lowest BCUT2D eigenvalue weighted by Gasteiger charge is -2.19. The van der Waals surface area contributed by atoms with Crippen LogP contribution in [0.1, 0.15) is 42.1 Å². The van der Waals surface area contributed by atoms with Gasteiger partial charge in [0.05, 0.1) is 23.0 Å². The summed E-state index contributed by atoms with van der Waals surface area (Å²) >= 11 is 0. The highest BCUT2D eigenvalue weighted by Crippen LogP contribution is 2.43. The number of benzene rings is 1. The molecule has 0 spiro atoms. The average Bonchev–Trinajstić information content (AvgIpc) is 3.46. The van der Waals surface area contributed by atoms with E-state index in [9.17, 15) is 22.8 Å². The molecule has 0 saturated carbocycles. The summed E-state index contributed by atoms with van der Waals surface area (Å²) in [7, 11) is 0. The van der Waals surface area contributed by atoms with Gasteiger partial charge in [0, 0.05) is 61.9 Å². The van der Waals surface area contributed by atoms with E-state index in [0.29, 0.717) is 53.5 Å². The SMILES string of the molecule is CC(=O)N1CCn2cc(C3=C(c4cnc5ccccn45)CCC3=O)c3cc(C(F)(F)F)cc(c32)C1. The van der Waals surface area contributed by atoms with E-state index < -0.39 is 11.7 Å². The minimum Gasteiger partial charge on any atom is -0.345 e. The Bertz CT molecular complexity index is 1570. The number of rotatable bonds is 2. The predicted molar refractivity (Wildman–Crippen MR) is 124 cm³/mol. The van der Waals surface area contributed by atoms with Gasteiger partial charge in [-0.1, -0.05) is 6.07 Å². The molecule has 0 unspecified atom stereocenters. The van der Waals surface area contributed by atoms with Crippen LogP contribution in [0.5, 0.6) is 0 Å². The minimum absolute atomic E-state index is 0.0896. The van der Waals surface area contributed by atoms with Gasteiger partial charge in [0.25, 0.3) is 0 Å². The van der Waals surface area contributed by atoms with Gasteiger partial charge in [0.2, 0.25) is 5.91 Å². The van der Waals surface area contributed by atoms with Crippen LogP contribution in [0.15, 0.2) is 48.9 Å². The number of imidazole rings is 1. The number of carbonyl (C=O) groups is 2. The molecule has 0 atom stereocenters. The van der Waals surface area contributed by atoms with E-state index in [1.165, 1.54) is 6.92 Å². The Kier molecular flexibility index (Phi) is 4.67. The summed E-state index contributed by atoms with van der Waals surface area (Å²) < 4.78 is 45.5. The zero-order valence-corrected chi connectivity index (χ0v) is 18.9. The van der Waals surface area contributed by atoms with Crippen molar-refractivity contribution in [2.24, 2.45) is 0 Å². The third-order valence-electron chi connectivity index (χ3n) is 6.97. The summed E-state index contributed by atoms with van der Waals surface area (Å²) in [5.74, 6) is -0.281. The highest BCUT2D eigenvalue weighted by molar-refractivity contribution is 6.33. The second kappa shape index (κ2) is 7.56. The van der Waals surface area contributed by atoms with Crippen LogP contribution in [0.25, 0.3) is 27.7 Å². The van der Waals surface area contributed by atoms with E-state index in [2.05, 4.69) is 4.98 Å². The minimum atomic E-state index is -4.56. The van der Waals surface area contributed by atoms with Gasteiger partial charge in [-0.25, -0.2) is 4.98 Å². The van der Waals surface area contributed by atoms with Gasteiger partial charge in [-0.3, -0.25) is 14.0 Å². The molecule has 1 aromatic carbocycles. The lowest BCUT2D eigenvalue weighted by atomic mass is 9.96. The predicted octanol–water partition coefficient (Wildman–Crippen LogP) is 4.94. The molecule has 0 N–H and O–H groups in total. The Hall–Kier alpha value is -3.88. The maximum atomic E-state index is 13.9. The zero-order chi connectivity index (χ0) is 24.5. The number of hydrogen-bond acceptors (Lipinski definition) is 3. The standard InChI is InChI=1S/C26H21F3N4O2/c1-15(34)31-8-9-32-14-20(19-11-17(26(27,28)29)10-16(13-31)25(19)32)24-18(5-6-22(24)35)21-12-30-23-4-2-3-7-33(21)23/h2-4,7,10-12,14H,5-6,8-9,13H2,1H3. The van der Waals surface area contributed by atoms with Crippen molar-refractivity contribution < 1.29 is 22.8 Å². The number of alkyl halides is 3. The molecule has 1 amide bonds. The van der Waals surface area contributed by atoms with Crippen molar-refractivity contribution in [3.05, 3.63) is 71.3 Å². The Labute approximate surface area is 198 Å². The van der Waals surface area contributed by atoms with E-state index in [-0.39, 0.29) is 18.2 Å². The summed E-state index contributed by atoms with van der Waals surface area (Å²) in [5, 5.41) is 0.386. The lowest BCUT2D eigenvalue weighted by Crippen LogP contribution is -2.29. The monoisotopic (exact) mass is 478 g/mol. The van der Waals surface area contributed by atoms with E-state index in [0.717, 1.165) is 29.0 Å². The third kappa shape index (κ3) is 3.37. The van der Waals surface area contributed by atoms with Crippen molar-refractivity contribution in [2.45, 2.75) is 39.0 Å². The second-order valence-electron chi connectivity index (χ2n) is 9.06. The molecule has 0 bridgehead atoms.